The molecule has 1 atom stereocenters. The van der Waals surface area contributed by atoms with Crippen molar-refractivity contribution in [3.8, 4) is 0 Å². The summed E-state index contributed by atoms with van der Waals surface area (Å²) in [5.74, 6) is 0.181. The summed E-state index contributed by atoms with van der Waals surface area (Å²) in [6.07, 6.45) is 0. The predicted octanol–water partition coefficient (Wildman–Crippen LogP) is 3.77. The molecule has 2 aromatic rings. The number of nitrogens with two attached hydrogens (primary N) is 1. The van der Waals surface area contributed by atoms with Crippen LogP contribution in [0, 0.1) is 12.7 Å². The second-order valence-electron chi connectivity index (χ2n) is 5.06. The van der Waals surface area contributed by atoms with Gasteiger partial charge in [0.15, 0.2) is 5.96 Å². The molecule has 0 bridgehead atoms. The molecule has 3 rings (SSSR count). The van der Waals surface area contributed by atoms with E-state index < -0.39 is 0 Å². The summed E-state index contributed by atoms with van der Waals surface area (Å²) in [7, 11) is 0. The van der Waals surface area contributed by atoms with Crippen molar-refractivity contribution in [1.82, 2.24) is 0 Å². The van der Waals surface area contributed by atoms with Crippen molar-refractivity contribution < 1.29 is 4.39 Å². The van der Waals surface area contributed by atoms with Gasteiger partial charge in [0.2, 0.25) is 0 Å². The van der Waals surface area contributed by atoms with Crippen LogP contribution in [0.15, 0.2) is 51.9 Å². The normalized spacial score (nSPS) is 18.0. The van der Waals surface area contributed by atoms with E-state index in [1.807, 2.05) is 42.2 Å². The molecule has 0 aromatic heterocycles. The van der Waals surface area contributed by atoms with E-state index in [1.165, 1.54) is 6.07 Å². The zero-order valence-electron chi connectivity index (χ0n) is 11.6. The molecule has 0 spiro atoms. The Morgan fingerprint density at radius 2 is 2.05 bits per heavy atom. The Balaban J connectivity index is 2.07. The van der Waals surface area contributed by atoms with Crippen LogP contribution in [0.1, 0.15) is 17.2 Å². The smallest absolute Gasteiger partial charge is 0.196 e. The number of aryl methyl sites for hydroxylation is 1. The number of guanidine groups is 1. The average molecular weight is 348 g/mol. The van der Waals surface area contributed by atoms with E-state index in [9.17, 15) is 4.39 Å². The topological polar surface area (TPSA) is 41.6 Å². The van der Waals surface area contributed by atoms with Crippen LogP contribution in [0.4, 0.5) is 10.1 Å². The lowest BCUT2D eigenvalue weighted by Crippen LogP contribution is -2.36. The zero-order chi connectivity index (χ0) is 15.0. The van der Waals surface area contributed by atoms with Gasteiger partial charge in [-0.05, 0) is 41.1 Å². The fraction of sp³-hybridized carbons (Fsp3) is 0.188. The van der Waals surface area contributed by atoms with Crippen molar-refractivity contribution in [3.63, 3.8) is 0 Å². The maximum atomic E-state index is 14.2. The Morgan fingerprint density at radius 1 is 1.29 bits per heavy atom. The summed E-state index contributed by atoms with van der Waals surface area (Å²) in [5, 5.41) is 0. The highest BCUT2D eigenvalue weighted by Crippen LogP contribution is 2.36. The predicted molar refractivity (Wildman–Crippen MR) is 87.0 cm³/mol. The van der Waals surface area contributed by atoms with E-state index in [0.29, 0.717) is 18.1 Å². The third kappa shape index (κ3) is 2.53. The van der Waals surface area contributed by atoms with Crippen molar-refractivity contribution in [3.05, 3.63) is 63.9 Å². The van der Waals surface area contributed by atoms with Crippen molar-refractivity contribution in [2.24, 2.45) is 10.7 Å². The summed E-state index contributed by atoms with van der Waals surface area (Å²) >= 11 is 3.52. The minimum absolute atomic E-state index is 0.219. The van der Waals surface area contributed by atoms with Crippen LogP contribution in [0.3, 0.4) is 0 Å². The molecule has 3 nitrogen and oxygen atoms in total. The molecule has 1 unspecified atom stereocenters. The third-order valence-corrected chi connectivity index (χ3v) is 4.28. The van der Waals surface area contributed by atoms with Gasteiger partial charge < -0.3 is 10.6 Å². The van der Waals surface area contributed by atoms with E-state index >= 15 is 0 Å². The molecular formula is C16H15BrFN3. The summed E-state index contributed by atoms with van der Waals surface area (Å²) in [6.45, 7) is 2.40. The number of hydrogen-bond donors (Lipinski definition) is 1. The molecular weight excluding hydrogens is 333 g/mol. The van der Waals surface area contributed by atoms with E-state index in [0.717, 1.165) is 15.7 Å². The second kappa shape index (κ2) is 5.48. The number of hydrogen-bond acceptors (Lipinski definition) is 3. The molecule has 0 fully saturated rings. The molecule has 5 heteroatoms. The van der Waals surface area contributed by atoms with Crippen molar-refractivity contribution in [1.29, 1.82) is 0 Å². The monoisotopic (exact) mass is 347 g/mol. The highest BCUT2D eigenvalue weighted by Gasteiger charge is 2.31. The molecule has 1 aliphatic rings. The van der Waals surface area contributed by atoms with Crippen molar-refractivity contribution in [2.45, 2.75) is 13.0 Å². The minimum Gasteiger partial charge on any atom is -0.369 e. The number of benzene rings is 2. The summed E-state index contributed by atoms with van der Waals surface area (Å²) in [4.78, 5) is 6.17. The lowest BCUT2D eigenvalue weighted by molar-refractivity contribution is 0.589. The molecule has 0 saturated heterocycles. The highest BCUT2D eigenvalue weighted by molar-refractivity contribution is 9.10. The molecule has 1 aliphatic heterocycles. The molecule has 1 heterocycles. The quantitative estimate of drug-likeness (QED) is 0.898. The maximum Gasteiger partial charge on any atom is 0.196 e. The van der Waals surface area contributed by atoms with Crippen LogP contribution in [-0.4, -0.2) is 12.5 Å². The number of para-hydroxylation sites is 1. The SMILES string of the molecule is Cc1ccc(F)c(C2CN=C(N)N2c2ccccc2Br)c1. The molecule has 0 aliphatic carbocycles. The molecule has 0 amide bonds. The summed E-state index contributed by atoms with van der Waals surface area (Å²) in [6, 6.07) is 12.6. The van der Waals surface area contributed by atoms with Crippen molar-refractivity contribution in [2.75, 3.05) is 11.4 Å². The van der Waals surface area contributed by atoms with Crippen molar-refractivity contribution >= 4 is 27.6 Å². The molecule has 21 heavy (non-hydrogen) atoms. The number of nitrogens with zero attached hydrogens (tertiary/aromatic N) is 2. The maximum absolute atomic E-state index is 14.2. The largest absolute Gasteiger partial charge is 0.369 e. The summed E-state index contributed by atoms with van der Waals surface area (Å²) < 4.78 is 15.1. The van der Waals surface area contributed by atoms with Gasteiger partial charge in [0.25, 0.3) is 0 Å². The first-order valence-electron chi connectivity index (χ1n) is 6.67. The average Bonchev–Trinajstić information content (AvgIpc) is 2.84. The Morgan fingerprint density at radius 3 is 2.81 bits per heavy atom. The van der Waals surface area contributed by atoms with E-state index in [4.69, 9.17) is 5.73 Å². The summed E-state index contributed by atoms with van der Waals surface area (Å²) in [5.41, 5.74) is 8.56. The van der Waals surface area contributed by atoms with Crippen LogP contribution in [0.5, 0.6) is 0 Å². The van der Waals surface area contributed by atoms with Crippen LogP contribution < -0.4 is 10.6 Å². The Bertz CT molecular complexity index is 714. The van der Waals surface area contributed by atoms with Crippen LogP contribution in [0.25, 0.3) is 0 Å². The highest BCUT2D eigenvalue weighted by atomic mass is 79.9. The van der Waals surface area contributed by atoms with E-state index in [-0.39, 0.29) is 11.9 Å². The molecule has 108 valence electrons. The molecule has 2 aromatic carbocycles. The number of rotatable bonds is 2. The van der Waals surface area contributed by atoms with Gasteiger partial charge in [0.1, 0.15) is 5.82 Å². The molecule has 0 saturated carbocycles. The van der Waals surface area contributed by atoms with Gasteiger partial charge in [0, 0.05) is 10.0 Å². The van der Waals surface area contributed by atoms with Crippen LogP contribution in [-0.2, 0) is 0 Å². The van der Waals surface area contributed by atoms with Crippen LogP contribution in [0.2, 0.25) is 0 Å². The lowest BCUT2D eigenvalue weighted by Gasteiger charge is -2.28. The third-order valence-electron chi connectivity index (χ3n) is 3.61. The fourth-order valence-corrected chi connectivity index (χ4v) is 3.07. The number of aliphatic imine (C=N–C) groups is 1. The van der Waals surface area contributed by atoms with Gasteiger partial charge in [-0.3, -0.25) is 4.99 Å². The first kappa shape index (κ1) is 14.1. The molecule has 2 N–H and O–H groups in total. The Kier molecular flexibility index (Phi) is 3.68. The van der Waals surface area contributed by atoms with E-state index in [1.54, 1.807) is 6.07 Å². The fourth-order valence-electron chi connectivity index (χ4n) is 2.59. The first-order chi connectivity index (χ1) is 10.1. The molecule has 0 radical (unpaired) electrons. The Labute approximate surface area is 131 Å². The number of halogens is 2. The van der Waals surface area contributed by atoms with Gasteiger partial charge in [-0.15, -0.1) is 0 Å². The second-order valence-corrected chi connectivity index (χ2v) is 5.92. The van der Waals surface area contributed by atoms with Gasteiger partial charge in [-0.25, -0.2) is 4.39 Å². The lowest BCUT2D eigenvalue weighted by atomic mass is 10.0. The van der Waals surface area contributed by atoms with E-state index in [2.05, 4.69) is 20.9 Å². The zero-order valence-corrected chi connectivity index (χ0v) is 13.1. The first-order valence-corrected chi connectivity index (χ1v) is 7.47. The minimum atomic E-state index is -0.229. The van der Waals surface area contributed by atoms with Crippen LogP contribution >= 0.6 is 15.9 Å². The Hall–Kier alpha value is -1.88. The number of anilines is 1. The van der Waals surface area contributed by atoms with Gasteiger partial charge in [-0.1, -0.05) is 29.8 Å². The van der Waals surface area contributed by atoms with Gasteiger partial charge in [-0.2, -0.15) is 0 Å². The standard InChI is InChI=1S/C16H15BrFN3/c1-10-6-7-13(18)11(8-10)15-9-20-16(19)21(15)14-5-3-2-4-12(14)17/h2-8,15H,9H2,1H3,(H2,19,20). The van der Waals surface area contributed by atoms with Gasteiger partial charge in [0.05, 0.1) is 18.3 Å². The van der Waals surface area contributed by atoms with Gasteiger partial charge >= 0.3 is 0 Å².